The number of nitrogens with one attached hydrogen (secondary N) is 1. The summed E-state index contributed by atoms with van der Waals surface area (Å²) in [6.07, 6.45) is 2.77. The number of nitrogens with zero attached hydrogens (tertiary/aromatic N) is 3. The maximum atomic E-state index is 5.71. The average Bonchev–Trinajstić information content (AvgIpc) is 2.96. The van der Waals surface area contributed by atoms with Gasteiger partial charge in [-0.25, -0.2) is 0 Å². The van der Waals surface area contributed by atoms with Crippen LogP contribution in [-0.4, -0.2) is 32.5 Å². The molecule has 1 fully saturated rings. The van der Waals surface area contributed by atoms with Crippen molar-refractivity contribution in [2.45, 2.75) is 31.9 Å². The molecule has 2 aromatic rings. The molecule has 1 saturated heterocycles. The average molecular weight is 276 g/mol. The Kier molecular flexibility index (Phi) is 2.99. The summed E-state index contributed by atoms with van der Waals surface area (Å²) in [7, 11) is 0. The van der Waals surface area contributed by atoms with E-state index in [1.165, 1.54) is 0 Å². The monoisotopic (exact) mass is 276 g/mol. The van der Waals surface area contributed by atoms with Gasteiger partial charge in [-0.3, -0.25) is 14.6 Å². The normalized spacial score (nSPS) is 26.7. The fourth-order valence-electron chi connectivity index (χ4n) is 2.56. The third kappa shape index (κ3) is 1.91. The molecule has 3 rings (SSSR count). The maximum Gasteiger partial charge on any atom is 0.196 e. The molecule has 1 N–H and O–H groups in total. The van der Waals surface area contributed by atoms with Crippen LogP contribution in [0.1, 0.15) is 20.3 Å². The molecule has 5 nitrogen and oxygen atoms in total. The van der Waals surface area contributed by atoms with E-state index in [0.29, 0.717) is 4.77 Å². The number of ether oxygens (including phenoxy) is 1. The molecule has 0 saturated carbocycles. The molecular weight excluding hydrogens is 260 g/mol. The Morgan fingerprint density at radius 3 is 3.00 bits per heavy atom. The SMILES string of the molecule is CC1OCCC1(C)n1c(-c2ccccn2)n[nH]c1=S. The Labute approximate surface area is 116 Å². The Bertz CT molecular complexity index is 636. The molecule has 0 radical (unpaired) electrons. The van der Waals surface area contributed by atoms with Gasteiger partial charge in [0.05, 0.1) is 11.6 Å². The second-order valence-electron chi connectivity index (χ2n) is 5.02. The molecule has 6 heteroatoms. The van der Waals surface area contributed by atoms with Crippen molar-refractivity contribution < 1.29 is 4.74 Å². The van der Waals surface area contributed by atoms with Gasteiger partial charge in [-0.2, -0.15) is 5.10 Å². The molecular formula is C13H16N4OS. The number of hydrogen-bond donors (Lipinski definition) is 1. The smallest absolute Gasteiger partial charge is 0.196 e. The number of aromatic amines is 1. The second-order valence-corrected chi connectivity index (χ2v) is 5.41. The Hall–Kier alpha value is -1.53. The van der Waals surface area contributed by atoms with Gasteiger partial charge in [-0.15, -0.1) is 0 Å². The Morgan fingerprint density at radius 1 is 1.53 bits per heavy atom. The highest BCUT2D eigenvalue weighted by Gasteiger charge is 2.41. The van der Waals surface area contributed by atoms with E-state index < -0.39 is 0 Å². The zero-order chi connectivity index (χ0) is 13.5. The molecule has 0 spiro atoms. The van der Waals surface area contributed by atoms with Gasteiger partial charge >= 0.3 is 0 Å². The first kappa shape index (κ1) is 12.5. The number of aromatic nitrogens is 4. The van der Waals surface area contributed by atoms with E-state index in [1.54, 1.807) is 6.20 Å². The number of H-pyrrole nitrogens is 1. The highest BCUT2D eigenvalue weighted by atomic mass is 32.1. The lowest BCUT2D eigenvalue weighted by molar-refractivity contribution is 0.0759. The lowest BCUT2D eigenvalue weighted by Crippen LogP contribution is -2.37. The highest BCUT2D eigenvalue weighted by Crippen LogP contribution is 2.35. The molecule has 0 aliphatic carbocycles. The summed E-state index contributed by atoms with van der Waals surface area (Å²) in [5.74, 6) is 0.769. The minimum atomic E-state index is -0.184. The molecule has 0 aromatic carbocycles. The molecule has 2 atom stereocenters. The summed E-state index contributed by atoms with van der Waals surface area (Å²) < 4.78 is 8.36. The second kappa shape index (κ2) is 4.54. The summed E-state index contributed by atoms with van der Waals surface area (Å²) in [4.78, 5) is 4.36. The number of rotatable bonds is 2. The van der Waals surface area contributed by atoms with Crippen LogP contribution in [0.25, 0.3) is 11.5 Å². The van der Waals surface area contributed by atoms with Crippen molar-refractivity contribution in [2.24, 2.45) is 0 Å². The van der Waals surface area contributed by atoms with E-state index in [0.717, 1.165) is 24.5 Å². The van der Waals surface area contributed by atoms with Crippen LogP contribution in [0.2, 0.25) is 0 Å². The predicted octanol–water partition coefficient (Wildman–Crippen LogP) is 2.53. The molecule has 1 aliphatic rings. The standard InChI is InChI=1S/C13H16N4OS/c1-9-13(2,6-8-18-9)17-11(15-16-12(17)19)10-5-3-4-7-14-10/h3-5,7,9H,6,8H2,1-2H3,(H,16,19). The summed E-state index contributed by atoms with van der Waals surface area (Å²) in [5.41, 5.74) is 0.631. The van der Waals surface area contributed by atoms with Gasteiger partial charge in [0.2, 0.25) is 0 Å². The number of pyridine rings is 1. The summed E-state index contributed by atoms with van der Waals surface area (Å²) in [6, 6.07) is 5.77. The van der Waals surface area contributed by atoms with E-state index >= 15 is 0 Å². The third-order valence-electron chi connectivity index (χ3n) is 3.93. The van der Waals surface area contributed by atoms with Crippen molar-refractivity contribution in [2.75, 3.05) is 6.61 Å². The van der Waals surface area contributed by atoms with Gasteiger partial charge in [0.25, 0.3) is 0 Å². The van der Waals surface area contributed by atoms with Crippen LogP contribution in [0.15, 0.2) is 24.4 Å². The molecule has 3 heterocycles. The van der Waals surface area contributed by atoms with Gasteiger partial charge in [0.1, 0.15) is 5.69 Å². The van der Waals surface area contributed by atoms with Gasteiger partial charge in [0.15, 0.2) is 10.6 Å². The minimum absolute atomic E-state index is 0.0965. The molecule has 100 valence electrons. The van der Waals surface area contributed by atoms with Crippen molar-refractivity contribution in [3.8, 4) is 11.5 Å². The van der Waals surface area contributed by atoms with Crippen LogP contribution in [0, 0.1) is 4.77 Å². The van der Waals surface area contributed by atoms with E-state index in [2.05, 4.69) is 29.0 Å². The third-order valence-corrected chi connectivity index (χ3v) is 4.20. The Morgan fingerprint density at radius 2 is 2.37 bits per heavy atom. The summed E-state index contributed by atoms with van der Waals surface area (Å²) in [6.45, 7) is 4.97. The molecule has 19 heavy (non-hydrogen) atoms. The zero-order valence-electron chi connectivity index (χ0n) is 11.0. The first-order valence-electron chi connectivity index (χ1n) is 6.34. The topological polar surface area (TPSA) is 55.7 Å². The van der Waals surface area contributed by atoms with Crippen LogP contribution in [0.4, 0.5) is 0 Å². The van der Waals surface area contributed by atoms with Gasteiger partial charge < -0.3 is 4.74 Å². The van der Waals surface area contributed by atoms with Crippen molar-refractivity contribution in [3.05, 3.63) is 29.2 Å². The van der Waals surface area contributed by atoms with Crippen molar-refractivity contribution in [1.82, 2.24) is 19.7 Å². The lowest BCUT2D eigenvalue weighted by Gasteiger charge is -2.30. The minimum Gasteiger partial charge on any atom is -0.376 e. The summed E-state index contributed by atoms with van der Waals surface area (Å²) >= 11 is 5.40. The largest absolute Gasteiger partial charge is 0.376 e. The quantitative estimate of drug-likeness (QED) is 0.856. The van der Waals surface area contributed by atoms with Gasteiger partial charge in [0, 0.05) is 12.8 Å². The first-order valence-corrected chi connectivity index (χ1v) is 6.74. The van der Waals surface area contributed by atoms with Crippen LogP contribution in [0.5, 0.6) is 0 Å². The van der Waals surface area contributed by atoms with Gasteiger partial charge in [-0.05, 0) is 44.6 Å². The molecule has 2 aromatic heterocycles. The maximum absolute atomic E-state index is 5.71. The predicted molar refractivity (Wildman–Crippen MR) is 74.3 cm³/mol. The van der Waals surface area contributed by atoms with Gasteiger partial charge in [-0.1, -0.05) is 6.07 Å². The van der Waals surface area contributed by atoms with E-state index in [9.17, 15) is 0 Å². The van der Waals surface area contributed by atoms with Crippen molar-refractivity contribution in [1.29, 1.82) is 0 Å². The Balaban J connectivity index is 2.17. The van der Waals surface area contributed by atoms with Crippen LogP contribution < -0.4 is 0 Å². The molecule has 1 aliphatic heterocycles. The van der Waals surface area contributed by atoms with E-state index in [1.807, 2.05) is 22.8 Å². The number of hydrogen-bond acceptors (Lipinski definition) is 4. The molecule has 0 amide bonds. The van der Waals surface area contributed by atoms with E-state index in [-0.39, 0.29) is 11.6 Å². The van der Waals surface area contributed by atoms with Crippen molar-refractivity contribution in [3.63, 3.8) is 0 Å². The fraction of sp³-hybridized carbons (Fsp3) is 0.462. The molecule has 2 unspecified atom stereocenters. The zero-order valence-corrected chi connectivity index (χ0v) is 11.8. The van der Waals surface area contributed by atoms with Crippen molar-refractivity contribution >= 4 is 12.2 Å². The van der Waals surface area contributed by atoms with Crippen LogP contribution in [-0.2, 0) is 10.3 Å². The lowest BCUT2D eigenvalue weighted by atomic mass is 9.94. The van der Waals surface area contributed by atoms with E-state index in [4.69, 9.17) is 17.0 Å². The van der Waals surface area contributed by atoms with Crippen LogP contribution >= 0.6 is 12.2 Å². The highest BCUT2D eigenvalue weighted by molar-refractivity contribution is 7.71. The first-order chi connectivity index (χ1) is 9.13. The molecule has 0 bridgehead atoms. The summed E-state index contributed by atoms with van der Waals surface area (Å²) in [5, 5.41) is 7.22. The fourth-order valence-corrected chi connectivity index (χ4v) is 2.90. The van der Waals surface area contributed by atoms with Crippen LogP contribution in [0.3, 0.4) is 0 Å².